The predicted octanol–water partition coefficient (Wildman–Crippen LogP) is 3.67. The first-order valence-electron chi connectivity index (χ1n) is 11.3. The summed E-state index contributed by atoms with van der Waals surface area (Å²) < 4.78 is 1.53. The number of hydrogen-bond donors (Lipinski definition) is 1. The Morgan fingerprint density at radius 1 is 1.24 bits per heavy atom. The molecule has 0 unspecified atom stereocenters. The van der Waals surface area contributed by atoms with Gasteiger partial charge in [0.2, 0.25) is 5.91 Å². The van der Waals surface area contributed by atoms with Gasteiger partial charge in [0, 0.05) is 10.4 Å². The van der Waals surface area contributed by atoms with Crippen molar-refractivity contribution in [2.24, 2.45) is 23.7 Å². The second-order valence-corrected chi connectivity index (χ2v) is 11.5. The Bertz CT molecular complexity index is 1020. The highest BCUT2D eigenvalue weighted by atomic mass is 32.1. The molecule has 1 atom stereocenters. The maximum absolute atomic E-state index is 13.2. The van der Waals surface area contributed by atoms with Gasteiger partial charge in [-0.3, -0.25) is 14.2 Å². The first kappa shape index (κ1) is 18.1. The van der Waals surface area contributed by atoms with Crippen molar-refractivity contribution in [1.82, 2.24) is 14.9 Å². The Balaban J connectivity index is 1.25. The van der Waals surface area contributed by atoms with Crippen LogP contribution in [-0.4, -0.2) is 21.0 Å². The molecule has 2 aromatic rings. The van der Waals surface area contributed by atoms with Gasteiger partial charge in [0.15, 0.2) is 0 Å². The minimum atomic E-state index is -0.0392. The van der Waals surface area contributed by atoms with Crippen molar-refractivity contribution in [2.45, 2.75) is 76.8 Å². The predicted molar refractivity (Wildman–Crippen MR) is 114 cm³/mol. The molecule has 7 rings (SSSR count). The van der Waals surface area contributed by atoms with Crippen LogP contribution in [0, 0.1) is 23.7 Å². The van der Waals surface area contributed by atoms with Crippen LogP contribution in [0.4, 0.5) is 0 Å². The summed E-state index contributed by atoms with van der Waals surface area (Å²) in [4.78, 5) is 32.9. The molecule has 0 aromatic carbocycles. The molecule has 4 saturated carbocycles. The van der Waals surface area contributed by atoms with E-state index in [2.05, 4.69) is 17.2 Å². The lowest BCUT2D eigenvalue weighted by atomic mass is 9.53. The van der Waals surface area contributed by atoms with Gasteiger partial charge in [-0.05, 0) is 87.0 Å². The van der Waals surface area contributed by atoms with Crippen LogP contribution in [-0.2, 0) is 24.2 Å². The molecule has 5 aliphatic carbocycles. The number of amides is 1. The van der Waals surface area contributed by atoms with Crippen molar-refractivity contribution in [2.75, 3.05) is 0 Å². The molecule has 1 N–H and O–H groups in total. The van der Waals surface area contributed by atoms with Gasteiger partial charge in [0.05, 0.1) is 11.7 Å². The summed E-state index contributed by atoms with van der Waals surface area (Å²) in [7, 11) is 0. The van der Waals surface area contributed by atoms with Gasteiger partial charge >= 0.3 is 0 Å². The van der Waals surface area contributed by atoms with Crippen LogP contribution in [0.1, 0.15) is 62.3 Å². The lowest BCUT2D eigenvalue weighted by Gasteiger charge is -2.56. The van der Waals surface area contributed by atoms with Crippen LogP contribution in [0.5, 0.6) is 0 Å². The first-order valence-corrected chi connectivity index (χ1v) is 12.1. The van der Waals surface area contributed by atoms with Crippen molar-refractivity contribution in [3.63, 3.8) is 0 Å². The molecule has 5 aliphatic rings. The van der Waals surface area contributed by atoms with E-state index in [0.717, 1.165) is 66.5 Å². The lowest BCUT2D eigenvalue weighted by Crippen LogP contribution is -2.60. The smallest absolute Gasteiger partial charge is 0.262 e. The summed E-state index contributed by atoms with van der Waals surface area (Å²) in [5.41, 5.74) is 1.14. The molecule has 0 radical (unpaired) electrons. The van der Waals surface area contributed by atoms with Crippen LogP contribution >= 0.6 is 11.3 Å². The molecule has 0 aliphatic heterocycles. The third-order valence-electron chi connectivity index (χ3n) is 8.04. The second-order valence-electron chi connectivity index (χ2n) is 10.5. The molecule has 5 nitrogen and oxygen atoms in total. The number of rotatable bonds is 3. The van der Waals surface area contributed by atoms with Gasteiger partial charge in [0.1, 0.15) is 11.4 Å². The molecule has 154 valence electrons. The summed E-state index contributed by atoms with van der Waals surface area (Å²) in [6.45, 7) is 2.36. The summed E-state index contributed by atoms with van der Waals surface area (Å²) in [5, 5.41) is 4.15. The zero-order valence-electron chi connectivity index (χ0n) is 17.1. The molecule has 4 bridgehead atoms. The fraction of sp³-hybridized carbons (Fsp3) is 0.696. The molecule has 0 spiro atoms. The van der Waals surface area contributed by atoms with Gasteiger partial charge < -0.3 is 5.32 Å². The number of carbonyl (C=O) groups excluding carboxylic acids is 1. The Morgan fingerprint density at radius 3 is 2.62 bits per heavy atom. The van der Waals surface area contributed by atoms with Gasteiger partial charge in [-0.2, -0.15) is 0 Å². The van der Waals surface area contributed by atoms with E-state index in [1.54, 1.807) is 17.7 Å². The maximum Gasteiger partial charge on any atom is 0.262 e. The summed E-state index contributed by atoms with van der Waals surface area (Å²) in [5.74, 6) is 3.03. The van der Waals surface area contributed by atoms with Crippen LogP contribution in [0.25, 0.3) is 10.2 Å². The number of aryl methyl sites for hydroxylation is 1. The number of hydrogen-bond acceptors (Lipinski definition) is 4. The van der Waals surface area contributed by atoms with Crippen molar-refractivity contribution >= 4 is 27.5 Å². The van der Waals surface area contributed by atoms with Crippen molar-refractivity contribution in [1.29, 1.82) is 0 Å². The van der Waals surface area contributed by atoms with E-state index in [-0.39, 0.29) is 23.6 Å². The van der Waals surface area contributed by atoms with Gasteiger partial charge in [0.25, 0.3) is 5.56 Å². The Hall–Kier alpha value is -1.69. The van der Waals surface area contributed by atoms with Gasteiger partial charge in [-0.1, -0.05) is 6.92 Å². The summed E-state index contributed by atoms with van der Waals surface area (Å²) in [6, 6.07) is 0. The summed E-state index contributed by atoms with van der Waals surface area (Å²) in [6.07, 6.45) is 12.2. The van der Waals surface area contributed by atoms with Crippen molar-refractivity contribution in [3.8, 4) is 0 Å². The first-order chi connectivity index (χ1) is 14.0. The average Bonchev–Trinajstić information content (AvgIpc) is 3.00. The molecule has 2 aromatic heterocycles. The Morgan fingerprint density at radius 2 is 1.93 bits per heavy atom. The van der Waals surface area contributed by atoms with Crippen LogP contribution in [0.15, 0.2) is 11.1 Å². The Labute approximate surface area is 174 Å². The van der Waals surface area contributed by atoms with E-state index < -0.39 is 0 Å². The number of carbonyl (C=O) groups is 1. The highest BCUT2D eigenvalue weighted by Gasteiger charge is 2.51. The van der Waals surface area contributed by atoms with E-state index in [0.29, 0.717) is 5.92 Å². The zero-order valence-corrected chi connectivity index (χ0v) is 17.9. The lowest BCUT2D eigenvalue weighted by molar-refractivity contribution is -0.127. The highest BCUT2D eigenvalue weighted by molar-refractivity contribution is 7.18. The van der Waals surface area contributed by atoms with Crippen LogP contribution < -0.4 is 10.9 Å². The molecule has 1 amide bonds. The molecule has 0 saturated heterocycles. The third kappa shape index (κ3) is 2.97. The fourth-order valence-corrected chi connectivity index (χ4v) is 8.57. The number of fused-ring (bicyclic) bond motifs is 3. The van der Waals surface area contributed by atoms with E-state index in [1.165, 1.54) is 34.3 Å². The monoisotopic (exact) mass is 411 g/mol. The van der Waals surface area contributed by atoms with Crippen molar-refractivity contribution < 1.29 is 4.79 Å². The molecular weight excluding hydrogens is 382 g/mol. The SMILES string of the molecule is C[C@H]1CCc2c(sc3ncn(CC(=O)NC45CC6CC(CC(C6)C4)C5)c(=O)c23)C1. The number of thiophene rings is 1. The number of nitrogens with zero attached hydrogens (tertiary/aromatic N) is 2. The molecule has 2 heterocycles. The van der Waals surface area contributed by atoms with Gasteiger partial charge in [-0.15, -0.1) is 11.3 Å². The van der Waals surface area contributed by atoms with Crippen molar-refractivity contribution in [3.05, 3.63) is 27.1 Å². The largest absolute Gasteiger partial charge is 0.349 e. The van der Waals surface area contributed by atoms with Crippen LogP contribution in [0.2, 0.25) is 0 Å². The van der Waals surface area contributed by atoms with E-state index in [1.807, 2.05) is 0 Å². The third-order valence-corrected chi connectivity index (χ3v) is 9.20. The molecule has 4 fully saturated rings. The van der Waals surface area contributed by atoms with E-state index in [9.17, 15) is 9.59 Å². The van der Waals surface area contributed by atoms with E-state index in [4.69, 9.17) is 0 Å². The highest BCUT2D eigenvalue weighted by Crippen LogP contribution is 2.55. The Kier molecular flexibility index (Phi) is 4.00. The minimum Gasteiger partial charge on any atom is -0.349 e. The summed E-state index contributed by atoms with van der Waals surface area (Å²) >= 11 is 1.66. The molecular formula is C23H29N3O2S. The fourth-order valence-electron chi connectivity index (χ4n) is 7.23. The zero-order chi connectivity index (χ0) is 19.8. The molecule has 29 heavy (non-hydrogen) atoms. The average molecular weight is 412 g/mol. The molecule has 6 heteroatoms. The number of nitrogens with one attached hydrogen (secondary N) is 1. The normalized spacial score (nSPS) is 35.1. The van der Waals surface area contributed by atoms with Gasteiger partial charge in [-0.25, -0.2) is 4.98 Å². The second kappa shape index (κ2) is 6.40. The minimum absolute atomic E-state index is 0.00927. The standard InChI is InChI=1S/C23H29N3O2S/c1-13-2-3-17-18(4-13)29-21-20(17)22(28)26(12-24-21)11-19(27)25-23-8-14-5-15(9-23)7-16(6-14)10-23/h12-16H,2-11H2,1H3,(H,25,27)/t13-,14?,15?,16?,23?/m0/s1. The maximum atomic E-state index is 13.2. The van der Waals surface area contributed by atoms with Crippen LogP contribution in [0.3, 0.4) is 0 Å². The quantitative estimate of drug-likeness (QED) is 0.838. The van der Waals surface area contributed by atoms with E-state index >= 15 is 0 Å². The number of aromatic nitrogens is 2. The topological polar surface area (TPSA) is 64.0 Å².